The summed E-state index contributed by atoms with van der Waals surface area (Å²) in [6, 6.07) is 4.00. The number of carbonyl (C=O) groups is 1. The summed E-state index contributed by atoms with van der Waals surface area (Å²) in [5.41, 5.74) is 1.15. The predicted molar refractivity (Wildman–Crippen MR) is 95.2 cm³/mol. The standard InChI is InChI=1S/C15H24N4O.2ClH/c1-12-3-6-14(19-9-12)17-7-2-8-18-15(20)11-16-10-13-4-5-13;;/h3,6,9,13,16H,2,4-5,7-8,10-11H2,1H3,(H,17,19)(H,18,20);2*1H. The second-order valence-electron chi connectivity index (χ2n) is 5.43. The molecule has 1 fully saturated rings. The van der Waals surface area contributed by atoms with Gasteiger partial charge >= 0.3 is 0 Å². The van der Waals surface area contributed by atoms with Gasteiger partial charge in [0.05, 0.1) is 6.54 Å². The molecule has 0 unspecified atom stereocenters. The Balaban J connectivity index is 0.00000220. The average molecular weight is 349 g/mol. The van der Waals surface area contributed by atoms with Crippen LogP contribution in [-0.4, -0.2) is 37.1 Å². The van der Waals surface area contributed by atoms with Gasteiger partial charge in [-0.1, -0.05) is 6.07 Å². The molecule has 1 aliphatic rings. The molecule has 5 nitrogen and oxygen atoms in total. The molecule has 22 heavy (non-hydrogen) atoms. The molecule has 1 aromatic heterocycles. The third-order valence-corrected chi connectivity index (χ3v) is 3.31. The van der Waals surface area contributed by atoms with Crippen molar-refractivity contribution in [3.8, 4) is 0 Å². The van der Waals surface area contributed by atoms with E-state index in [4.69, 9.17) is 0 Å². The zero-order valence-corrected chi connectivity index (χ0v) is 14.6. The Morgan fingerprint density at radius 3 is 2.68 bits per heavy atom. The molecule has 0 bridgehead atoms. The van der Waals surface area contributed by atoms with Crippen molar-refractivity contribution < 1.29 is 4.79 Å². The van der Waals surface area contributed by atoms with Crippen molar-refractivity contribution in [3.63, 3.8) is 0 Å². The molecular formula is C15H26Cl2N4O. The van der Waals surface area contributed by atoms with Crippen LogP contribution in [0.25, 0.3) is 0 Å². The summed E-state index contributed by atoms with van der Waals surface area (Å²) in [4.78, 5) is 15.8. The van der Waals surface area contributed by atoms with E-state index in [1.165, 1.54) is 12.8 Å². The van der Waals surface area contributed by atoms with E-state index in [1.54, 1.807) is 0 Å². The van der Waals surface area contributed by atoms with Gasteiger partial charge < -0.3 is 16.0 Å². The van der Waals surface area contributed by atoms with Crippen LogP contribution in [0.2, 0.25) is 0 Å². The molecule has 126 valence electrons. The van der Waals surface area contributed by atoms with Crippen molar-refractivity contribution in [1.29, 1.82) is 0 Å². The van der Waals surface area contributed by atoms with E-state index in [9.17, 15) is 4.79 Å². The first-order valence-corrected chi connectivity index (χ1v) is 7.38. The molecule has 0 atom stereocenters. The molecule has 1 aliphatic carbocycles. The van der Waals surface area contributed by atoms with Gasteiger partial charge in [-0.25, -0.2) is 4.98 Å². The molecule has 3 N–H and O–H groups in total. The molecule has 1 aromatic rings. The number of pyridine rings is 1. The topological polar surface area (TPSA) is 66.0 Å². The zero-order valence-electron chi connectivity index (χ0n) is 12.9. The van der Waals surface area contributed by atoms with Gasteiger partial charge in [0.2, 0.25) is 5.91 Å². The van der Waals surface area contributed by atoms with Crippen LogP contribution < -0.4 is 16.0 Å². The van der Waals surface area contributed by atoms with Crippen molar-refractivity contribution in [3.05, 3.63) is 23.9 Å². The van der Waals surface area contributed by atoms with E-state index >= 15 is 0 Å². The summed E-state index contributed by atoms with van der Waals surface area (Å²) in [7, 11) is 0. The third kappa shape index (κ3) is 9.07. The van der Waals surface area contributed by atoms with Crippen molar-refractivity contribution in [2.45, 2.75) is 26.2 Å². The van der Waals surface area contributed by atoms with E-state index < -0.39 is 0 Å². The summed E-state index contributed by atoms with van der Waals surface area (Å²) >= 11 is 0. The van der Waals surface area contributed by atoms with Crippen LogP contribution in [0.3, 0.4) is 0 Å². The van der Waals surface area contributed by atoms with Crippen LogP contribution >= 0.6 is 24.8 Å². The zero-order chi connectivity index (χ0) is 14.2. The van der Waals surface area contributed by atoms with E-state index in [-0.39, 0.29) is 30.7 Å². The molecule has 7 heteroatoms. The number of hydrogen-bond donors (Lipinski definition) is 3. The number of hydrogen-bond acceptors (Lipinski definition) is 4. The first kappa shape index (κ1) is 21.0. The Hall–Kier alpha value is -1.04. The van der Waals surface area contributed by atoms with Crippen LogP contribution in [0.1, 0.15) is 24.8 Å². The number of rotatable bonds is 9. The van der Waals surface area contributed by atoms with Crippen LogP contribution in [-0.2, 0) is 4.79 Å². The minimum atomic E-state index is 0. The van der Waals surface area contributed by atoms with E-state index in [0.29, 0.717) is 13.1 Å². The second-order valence-corrected chi connectivity index (χ2v) is 5.43. The lowest BCUT2D eigenvalue weighted by Gasteiger charge is -2.08. The highest BCUT2D eigenvalue weighted by molar-refractivity contribution is 5.85. The molecule has 0 radical (unpaired) electrons. The van der Waals surface area contributed by atoms with Gasteiger partial charge in [0.15, 0.2) is 0 Å². The summed E-state index contributed by atoms with van der Waals surface area (Å²) in [6.45, 7) is 4.94. The number of aromatic nitrogens is 1. The largest absolute Gasteiger partial charge is 0.370 e. The molecule has 0 aliphatic heterocycles. The quantitative estimate of drug-likeness (QED) is 0.598. The summed E-state index contributed by atoms with van der Waals surface area (Å²) in [6.07, 6.45) is 5.36. The van der Waals surface area contributed by atoms with E-state index in [2.05, 4.69) is 20.9 Å². The molecule has 2 rings (SSSR count). The van der Waals surface area contributed by atoms with Crippen molar-refractivity contribution in [2.75, 3.05) is 31.5 Å². The lowest BCUT2D eigenvalue weighted by molar-refractivity contribution is -0.120. The van der Waals surface area contributed by atoms with Gasteiger partial charge in [-0.05, 0) is 50.3 Å². The molecule has 1 amide bonds. The van der Waals surface area contributed by atoms with Crippen molar-refractivity contribution in [1.82, 2.24) is 15.6 Å². The Morgan fingerprint density at radius 1 is 1.27 bits per heavy atom. The minimum absolute atomic E-state index is 0. The minimum Gasteiger partial charge on any atom is -0.370 e. The Bertz CT molecular complexity index is 424. The van der Waals surface area contributed by atoms with Gasteiger partial charge in [-0.2, -0.15) is 0 Å². The SMILES string of the molecule is Cc1ccc(NCCCNC(=O)CNCC2CC2)nc1.Cl.Cl. The third-order valence-electron chi connectivity index (χ3n) is 3.31. The van der Waals surface area contributed by atoms with Crippen LogP contribution in [0.15, 0.2) is 18.3 Å². The molecule has 0 aromatic carbocycles. The molecule has 0 spiro atoms. The van der Waals surface area contributed by atoms with E-state index in [1.807, 2.05) is 25.3 Å². The number of carbonyl (C=O) groups excluding carboxylic acids is 1. The summed E-state index contributed by atoms with van der Waals surface area (Å²) in [5.74, 6) is 1.78. The fraction of sp³-hybridized carbons (Fsp3) is 0.600. The van der Waals surface area contributed by atoms with Gasteiger partial charge in [0, 0.05) is 19.3 Å². The highest BCUT2D eigenvalue weighted by Gasteiger charge is 2.20. The highest BCUT2D eigenvalue weighted by atomic mass is 35.5. The van der Waals surface area contributed by atoms with Gasteiger partial charge in [0.1, 0.15) is 5.82 Å². The van der Waals surface area contributed by atoms with Crippen LogP contribution in [0.4, 0.5) is 5.82 Å². The maximum absolute atomic E-state index is 11.5. The monoisotopic (exact) mass is 348 g/mol. The lowest BCUT2D eigenvalue weighted by Crippen LogP contribution is -2.35. The smallest absolute Gasteiger partial charge is 0.233 e. The molecule has 0 saturated heterocycles. The van der Waals surface area contributed by atoms with Crippen LogP contribution in [0.5, 0.6) is 0 Å². The van der Waals surface area contributed by atoms with Gasteiger partial charge in [-0.15, -0.1) is 24.8 Å². The molecule has 1 saturated carbocycles. The fourth-order valence-electron chi connectivity index (χ4n) is 1.88. The van der Waals surface area contributed by atoms with Gasteiger partial charge in [0.25, 0.3) is 0 Å². The normalized spacial score (nSPS) is 12.8. The lowest BCUT2D eigenvalue weighted by atomic mass is 10.3. The van der Waals surface area contributed by atoms with Crippen molar-refractivity contribution >= 4 is 36.5 Å². The highest BCUT2D eigenvalue weighted by Crippen LogP contribution is 2.27. The number of nitrogens with one attached hydrogen (secondary N) is 3. The van der Waals surface area contributed by atoms with E-state index in [0.717, 1.165) is 36.8 Å². The summed E-state index contributed by atoms with van der Waals surface area (Å²) < 4.78 is 0. The first-order valence-electron chi connectivity index (χ1n) is 7.38. The number of amides is 1. The number of halogens is 2. The fourth-order valence-corrected chi connectivity index (χ4v) is 1.88. The Kier molecular flexibility index (Phi) is 11.0. The summed E-state index contributed by atoms with van der Waals surface area (Å²) in [5, 5.41) is 9.33. The molecular weight excluding hydrogens is 323 g/mol. The first-order chi connectivity index (χ1) is 9.74. The predicted octanol–water partition coefficient (Wildman–Crippen LogP) is 2.15. The number of aryl methyl sites for hydroxylation is 1. The Morgan fingerprint density at radius 2 is 2.05 bits per heavy atom. The number of nitrogens with zero attached hydrogens (tertiary/aromatic N) is 1. The average Bonchev–Trinajstić information content (AvgIpc) is 3.25. The van der Waals surface area contributed by atoms with Gasteiger partial charge in [-0.3, -0.25) is 4.79 Å². The second kappa shape index (κ2) is 11.5. The Labute approximate surface area is 144 Å². The van der Waals surface area contributed by atoms with Crippen LogP contribution in [0, 0.1) is 12.8 Å². The number of anilines is 1. The molecule has 1 heterocycles. The maximum atomic E-state index is 11.5. The maximum Gasteiger partial charge on any atom is 0.233 e. The van der Waals surface area contributed by atoms with Crippen molar-refractivity contribution in [2.24, 2.45) is 5.92 Å².